The molecular weight excluding hydrogens is 206 g/mol. The average Bonchev–Trinajstić information content (AvgIpc) is 2.16. The summed E-state index contributed by atoms with van der Waals surface area (Å²) in [5.74, 6) is -0.270. The third kappa shape index (κ3) is 2.32. The van der Waals surface area contributed by atoms with E-state index in [0.29, 0.717) is 4.90 Å². The highest BCUT2D eigenvalue weighted by Gasteiger charge is 2.16. The van der Waals surface area contributed by atoms with Gasteiger partial charge in [0.15, 0.2) is 5.78 Å². The Balaban J connectivity index is 3.21. The lowest BCUT2D eigenvalue weighted by Gasteiger charge is -2.07. The molecule has 1 nitrogen and oxygen atoms in total. The smallest absolute Gasteiger partial charge is 0.264 e. The number of thiol groups is 1. The summed E-state index contributed by atoms with van der Waals surface area (Å²) in [7, 11) is 0. The molecule has 0 aromatic heterocycles. The van der Waals surface area contributed by atoms with Gasteiger partial charge in [0, 0.05) is 22.4 Å². The molecule has 0 saturated carbocycles. The molecule has 1 aromatic rings. The quantitative estimate of drug-likeness (QED) is 0.604. The van der Waals surface area contributed by atoms with E-state index in [9.17, 15) is 13.6 Å². The largest absolute Gasteiger partial charge is 0.294 e. The van der Waals surface area contributed by atoms with E-state index in [1.807, 2.05) is 0 Å². The Hall–Kier alpha value is -0.900. The van der Waals surface area contributed by atoms with Crippen LogP contribution < -0.4 is 0 Å². The fraction of sp³-hybridized carbons (Fsp3) is 0.300. The van der Waals surface area contributed by atoms with Crippen molar-refractivity contribution in [3.8, 4) is 0 Å². The van der Waals surface area contributed by atoms with Crippen LogP contribution in [0.1, 0.15) is 35.7 Å². The maximum absolute atomic E-state index is 12.5. The third-order valence-corrected chi connectivity index (χ3v) is 2.17. The summed E-state index contributed by atoms with van der Waals surface area (Å²) >= 11 is 3.95. The summed E-state index contributed by atoms with van der Waals surface area (Å²) in [5, 5.41) is 0. The maximum Gasteiger partial charge on any atom is 0.264 e. The molecule has 0 aliphatic heterocycles. The second kappa shape index (κ2) is 4.55. The van der Waals surface area contributed by atoms with Gasteiger partial charge in [0.1, 0.15) is 0 Å². The lowest BCUT2D eigenvalue weighted by molar-refractivity contribution is 0.0974. The van der Waals surface area contributed by atoms with Crippen molar-refractivity contribution < 1.29 is 13.6 Å². The normalized spacial score (nSPS) is 10.6. The Morgan fingerprint density at radius 2 is 2.14 bits per heavy atom. The standard InChI is InChI=1S/C10H10F2OS/c1-2-9(13)7-4-3-6(14)5-8(7)10(11)12/h3-5,10,14H,2H2,1H3. The zero-order chi connectivity index (χ0) is 10.7. The predicted octanol–water partition coefficient (Wildman–Crippen LogP) is 3.51. The van der Waals surface area contributed by atoms with E-state index in [2.05, 4.69) is 12.6 Å². The minimum atomic E-state index is -2.63. The summed E-state index contributed by atoms with van der Waals surface area (Å²) in [4.78, 5) is 11.7. The number of benzene rings is 1. The molecule has 0 amide bonds. The van der Waals surface area contributed by atoms with Crippen LogP contribution in [-0.4, -0.2) is 5.78 Å². The summed E-state index contributed by atoms with van der Waals surface area (Å²) in [6, 6.07) is 4.17. The van der Waals surface area contributed by atoms with Crippen molar-refractivity contribution >= 4 is 18.4 Å². The highest BCUT2D eigenvalue weighted by Crippen LogP contribution is 2.26. The van der Waals surface area contributed by atoms with Crippen LogP contribution in [0.2, 0.25) is 0 Å². The summed E-state index contributed by atoms with van der Waals surface area (Å²) in [6.07, 6.45) is -2.40. The van der Waals surface area contributed by atoms with Gasteiger partial charge in [0.25, 0.3) is 6.43 Å². The van der Waals surface area contributed by atoms with Gasteiger partial charge in [-0.1, -0.05) is 6.92 Å². The number of hydrogen-bond acceptors (Lipinski definition) is 2. The molecule has 0 bridgehead atoms. The molecule has 0 spiro atoms. The van der Waals surface area contributed by atoms with Crippen molar-refractivity contribution in [2.45, 2.75) is 24.7 Å². The van der Waals surface area contributed by atoms with Crippen LogP contribution in [0.5, 0.6) is 0 Å². The second-order valence-corrected chi connectivity index (χ2v) is 3.37. The topological polar surface area (TPSA) is 17.1 Å². The number of ketones is 1. The third-order valence-electron chi connectivity index (χ3n) is 1.89. The Morgan fingerprint density at radius 1 is 1.50 bits per heavy atom. The minimum absolute atomic E-state index is 0.0975. The molecule has 14 heavy (non-hydrogen) atoms. The molecule has 0 N–H and O–H groups in total. The Bertz CT molecular complexity index is 350. The SMILES string of the molecule is CCC(=O)c1ccc(S)cc1C(F)F. The van der Waals surface area contributed by atoms with Gasteiger partial charge in [-0.2, -0.15) is 0 Å². The second-order valence-electron chi connectivity index (χ2n) is 2.85. The number of carbonyl (C=O) groups is 1. The number of Topliss-reactive ketones (excluding diaryl/α,β-unsaturated/α-hetero) is 1. The van der Waals surface area contributed by atoms with Crippen molar-refractivity contribution in [1.82, 2.24) is 0 Å². The molecular formula is C10H10F2OS. The van der Waals surface area contributed by atoms with Crippen LogP contribution in [0.15, 0.2) is 23.1 Å². The van der Waals surface area contributed by atoms with Gasteiger partial charge in [-0.3, -0.25) is 4.79 Å². The number of halogens is 2. The number of carbonyl (C=O) groups excluding carboxylic acids is 1. The molecule has 0 radical (unpaired) electrons. The molecule has 0 atom stereocenters. The predicted molar refractivity (Wildman–Crippen MR) is 53.3 cm³/mol. The first-order valence-electron chi connectivity index (χ1n) is 4.20. The van der Waals surface area contributed by atoms with Gasteiger partial charge in [-0.15, -0.1) is 12.6 Å². The molecule has 1 aromatic carbocycles. The molecule has 0 heterocycles. The van der Waals surface area contributed by atoms with Crippen molar-refractivity contribution in [3.63, 3.8) is 0 Å². The van der Waals surface area contributed by atoms with E-state index in [-0.39, 0.29) is 23.3 Å². The summed E-state index contributed by atoms with van der Waals surface area (Å²) < 4.78 is 25.0. The van der Waals surface area contributed by atoms with Gasteiger partial charge in [0.05, 0.1) is 0 Å². The van der Waals surface area contributed by atoms with Gasteiger partial charge in [0.2, 0.25) is 0 Å². The zero-order valence-electron chi connectivity index (χ0n) is 7.63. The van der Waals surface area contributed by atoms with E-state index in [1.54, 1.807) is 6.92 Å². The minimum Gasteiger partial charge on any atom is -0.294 e. The molecule has 0 aliphatic rings. The van der Waals surface area contributed by atoms with Crippen LogP contribution in [0.3, 0.4) is 0 Å². The number of alkyl halides is 2. The van der Waals surface area contributed by atoms with Crippen molar-refractivity contribution in [2.75, 3.05) is 0 Å². The highest BCUT2D eigenvalue weighted by molar-refractivity contribution is 7.80. The zero-order valence-corrected chi connectivity index (χ0v) is 8.52. The fourth-order valence-corrected chi connectivity index (χ4v) is 1.39. The van der Waals surface area contributed by atoms with Crippen LogP contribution in [0, 0.1) is 0 Å². The first-order chi connectivity index (χ1) is 6.56. The molecule has 4 heteroatoms. The Morgan fingerprint density at radius 3 is 2.64 bits per heavy atom. The maximum atomic E-state index is 12.5. The molecule has 0 unspecified atom stereocenters. The van der Waals surface area contributed by atoms with Crippen LogP contribution in [0.4, 0.5) is 8.78 Å². The Kier molecular flexibility index (Phi) is 3.63. The van der Waals surface area contributed by atoms with Crippen molar-refractivity contribution in [3.05, 3.63) is 29.3 Å². The molecule has 76 valence electrons. The van der Waals surface area contributed by atoms with Crippen molar-refractivity contribution in [1.29, 1.82) is 0 Å². The molecule has 0 saturated heterocycles. The van der Waals surface area contributed by atoms with Gasteiger partial charge in [-0.25, -0.2) is 8.78 Å². The fourth-order valence-electron chi connectivity index (χ4n) is 1.18. The Labute approximate surface area is 86.5 Å². The number of hydrogen-bond donors (Lipinski definition) is 1. The monoisotopic (exact) mass is 216 g/mol. The van der Waals surface area contributed by atoms with Crippen molar-refractivity contribution in [2.24, 2.45) is 0 Å². The van der Waals surface area contributed by atoms with E-state index >= 15 is 0 Å². The van der Waals surface area contributed by atoms with Gasteiger partial charge < -0.3 is 0 Å². The van der Waals surface area contributed by atoms with Crippen LogP contribution in [0.25, 0.3) is 0 Å². The van der Waals surface area contributed by atoms with Gasteiger partial charge in [-0.05, 0) is 18.2 Å². The van der Waals surface area contributed by atoms with Gasteiger partial charge >= 0.3 is 0 Å². The lowest BCUT2D eigenvalue weighted by atomic mass is 10.0. The lowest BCUT2D eigenvalue weighted by Crippen LogP contribution is -2.02. The summed E-state index contributed by atoms with van der Waals surface area (Å²) in [6.45, 7) is 1.65. The first-order valence-corrected chi connectivity index (χ1v) is 4.65. The molecule has 0 aliphatic carbocycles. The van der Waals surface area contributed by atoms with Crippen LogP contribution in [-0.2, 0) is 0 Å². The molecule has 0 fully saturated rings. The van der Waals surface area contributed by atoms with E-state index in [1.165, 1.54) is 18.2 Å². The number of rotatable bonds is 3. The average molecular weight is 216 g/mol. The van der Waals surface area contributed by atoms with E-state index < -0.39 is 6.43 Å². The highest BCUT2D eigenvalue weighted by atomic mass is 32.1. The summed E-state index contributed by atoms with van der Waals surface area (Å²) in [5.41, 5.74) is -0.135. The first kappa shape index (κ1) is 11.2. The molecule has 1 rings (SSSR count). The van der Waals surface area contributed by atoms with E-state index in [4.69, 9.17) is 0 Å². The van der Waals surface area contributed by atoms with Crippen LogP contribution >= 0.6 is 12.6 Å². The van der Waals surface area contributed by atoms with E-state index in [0.717, 1.165) is 0 Å².